The number of likely N-dealkylation sites (tertiary alicyclic amines) is 1. The minimum Gasteiger partial charge on any atom is -0.325 e. The molecule has 4 aliphatic rings. The Hall–Kier alpha value is -3.58. The van der Waals surface area contributed by atoms with E-state index < -0.39 is 18.1 Å². The molecule has 10 nitrogen and oxygen atoms in total. The van der Waals surface area contributed by atoms with Crippen molar-refractivity contribution in [2.75, 3.05) is 18.5 Å². The maximum Gasteiger partial charge on any atom is 0.394 e. The molecule has 3 aliphatic heterocycles. The molecular weight excluding hydrogens is 561 g/mol. The molecule has 1 unspecified atom stereocenters. The molecule has 2 atom stereocenters. The van der Waals surface area contributed by atoms with E-state index >= 15 is 0 Å². The summed E-state index contributed by atoms with van der Waals surface area (Å²) in [5.41, 5.74) is 9.89. The van der Waals surface area contributed by atoms with Gasteiger partial charge in [0.05, 0.1) is 22.8 Å². The molecule has 5 heterocycles. The first-order chi connectivity index (χ1) is 19.5. The standard InChI is InChI=1S/C27H28ClF3N8O2/c1-13-6-16(23(40)37-35-13)14-2-4-38(5-3-14)25(41)34-26-9-20(26)17-7-21(28)22-18(11-33-36-22)19(17)12-39-15(8-27(29,30)31)10-32-24(26)39/h6-7,10,14,20,33,36H,2-5,8-9,11-12H2,1H3,(H,34,41)(H,37,40)/t20?,26-/m0/s1. The van der Waals surface area contributed by atoms with Crippen molar-refractivity contribution in [3.63, 3.8) is 0 Å². The lowest BCUT2D eigenvalue weighted by Gasteiger charge is -2.33. The van der Waals surface area contributed by atoms with Gasteiger partial charge in [-0.3, -0.25) is 4.79 Å². The number of piperidine rings is 1. The normalized spacial score (nSPS) is 23.1. The van der Waals surface area contributed by atoms with Gasteiger partial charge in [0.15, 0.2) is 0 Å². The number of amides is 2. The van der Waals surface area contributed by atoms with Gasteiger partial charge in [-0.05, 0) is 60.9 Å². The number of urea groups is 1. The molecule has 1 saturated carbocycles. The maximum absolute atomic E-state index is 13.7. The third kappa shape index (κ3) is 4.37. The van der Waals surface area contributed by atoms with Crippen molar-refractivity contribution in [3.05, 3.63) is 73.2 Å². The highest BCUT2D eigenvalue weighted by Gasteiger charge is 2.62. The second kappa shape index (κ2) is 9.21. The lowest BCUT2D eigenvalue weighted by Crippen LogP contribution is -2.49. The Morgan fingerprint density at radius 1 is 1.22 bits per heavy atom. The predicted molar refractivity (Wildman–Crippen MR) is 144 cm³/mol. The van der Waals surface area contributed by atoms with Crippen molar-refractivity contribution < 1.29 is 18.0 Å². The molecule has 2 fully saturated rings. The number of aromatic nitrogens is 4. The minimum absolute atomic E-state index is 0.0105. The lowest BCUT2D eigenvalue weighted by atomic mass is 9.90. The number of rotatable bonds is 3. The highest BCUT2D eigenvalue weighted by molar-refractivity contribution is 6.33. The summed E-state index contributed by atoms with van der Waals surface area (Å²) in [5.74, 6) is 0.267. The van der Waals surface area contributed by atoms with E-state index in [2.05, 4.69) is 31.3 Å². The molecule has 14 heteroatoms. The summed E-state index contributed by atoms with van der Waals surface area (Å²) in [5, 5.41) is 10.2. The van der Waals surface area contributed by atoms with Crippen LogP contribution in [0.25, 0.3) is 0 Å². The lowest BCUT2D eigenvalue weighted by molar-refractivity contribution is -0.128. The van der Waals surface area contributed by atoms with Crippen molar-refractivity contribution in [1.29, 1.82) is 0 Å². The van der Waals surface area contributed by atoms with Crippen LogP contribution in [0.5, 0.6) is 0 Å². The molecule has 3 aromatic rings. The number of hydrogen-bond acceptors (Lipinski definition) is 6. The van der Waals surface area contributed by atoms with Gasteiger partial charge in [0.25, 0.3) is 5.56 Å². The van der Waals surface area contributed by atoms with Crippen LogP contribution < -0.4 is 21.7 Å². The van der Waals surface area contributed by atoms with Crippen molar-refractivity contribution in [1.82, 2.24) is 35.4 Å². The Kier molecular flexibility index (Phi) is 5.92. The van der Waals surface area contributed by atoms with Gasteiger partial charge in [0, 0.05) is 49.6 Å². The van der Waals surface area contributed by atoms with E-state index in [9.17, 15) is 22.8 Å². The molecule has 2 aromatic heterocycles. The van der Waals surface area contributed by atoms with Crippen molar-refractivity contribution >= 4 is 23.3 Å². The fourth-order valence-corrected chi connectivity index (χ4v) is 7.11. The Balaban J connectivity index is 1.19. The SMILES string of the molecule is Cc1cc(C2CCN(C(=O)N[C@@]34CC3c3cc(Cl)c5c(c3Cn3c(CC(F)(F)F)cnc34)CNN5)CC2)c(=O)[nH]n1. The molecule has 216 valence electrons. The molecular formula is C27H28ClF3N8O2. The van der Waals surface area contributed by atoms with Crippen molar-refractivity contribution in [3.8, 4) is 0 Å². The van der Waals surface area contributed by atoms with Crippen molar-refractivity contribution in [2.24, 2.45) is 0 Å². The number of hydrogen-bond donors (Lipinski definition) is 4. The third-order valence-electron chi connectivity index (χ3n) is 8.90. The summed E-state index contributed by atoms with van der Waals surface area (Å²) in [6, 6.07) is 3.36. The second-order valence-corrected chi connectivity index (χ2v) is 11.8. The molecule has 0 radical (unpaired) electrons. The summed E-state index contributed by atoms with van der Waals surface area (Å²) in [6.07, 6.45) is -2.50. The van der Waals surface area contributed by atoms with Crippen molar-refractivity contribution in [2.45, 2.75) is 69.2 Å². The van der Waals surface area contributed by atoms with Crippen LogP contribution in [-0.2, 0) is 25.0 Å². The van der Waals surface area contributed by atoms with E-state index in [0.717, 1.165) is 28.1 Å². The smallest absolute Gasteiger partial charge is 0.325 e. The number of anilines is 1. The van der Waals surface area contributed by atoms with Crippen LogP contribution in [0.15, 0.2) is 23.1 Å². The number of hydrazine groups is 1. The monoisotopic (exact) mass is 588 g/mol. The second-order valence-electron chi connectivity index (χ2n) is 11.4. The molecule has 4 N–H and O–H groups in total. The van der Waals surface area contributed by atoms with E-state index in [1.54, 1.807) is 15.5 Å². The summed E-state index contributed by atoms with van der Waals surface area (Å²) in [4.78, 5) is 32.2. The molecule has 0 bridgehead atoms. The highest BCUT2D eigenvalue weighted by Crippen LogP contribution is 2.61. The Bertz CT molecular complexity index is 1630. The summed E-state index contributed by atoms with van der Waals surface area (Å²) < 4.78 is 42.2. The third-order valence-corrected chi connectivity index (χ3v) is 9.20. The molecule has 2 amide bonds. The first-order valence-electron chi connectivity index (χ1n) is 13.6. The zero-order valence-electron chi connectivity index (χ0n) is 22.2. The van der Waals surface area contributed by atoms with E-state index in [0.29, 0.717) is 55.3 Å². The topological polar surface area (TPSA) is 120 Å². The van der Waals surface area contributed by atoms with Gasteiger partial charge in [-0.15, -0.1) is 0 Å². The number of imidazole rings is 1. The summed E-state index contributed by atoms with van der Waals surface area (Å²) in [6.45, 7) is 3.39. The number of fused-ring (bicyclic) bond motifs is 7. The van der Waals surface area contributed by atoms with E-state index in [1.807, 2.05) is 13.0 Å². The van der Waals surface area contributed by atoms with Crippen LogP contribution in [-0.4, -0.2) is 49.9 Å². The van der Waals surface area contributed by atoms with Gasteiger partial charge in [0.2, 0.25) is 0 Å². The van der Waals surface area contributed by atoms with Gasteiger partial charge in [-0.2, -0.15) is 18.3 Å². The van der Waals surface area contributed by atoms with Gasteiger partial charge in [0.1, 0.15) is 11.4 Å². The van der Waals surface area contributed by atoms with E-state index in [4.69, 9.17) is 11.6 Å². The van der Waals surface area contributed by atoms with E-state index in [1.165, 1.54) is 6.20 Å². The van der Waals surface area contributed by atoms with Crippen LogP contribution in [0.2, 0.25) is 5.02 Å². The number of nitrogens with zero attached hydrogens (tertiary/aromatic N) is 4. The number of carbonyl (C=O) groups is 1. The van der Waals surface area contributed by atoms with Gasteiger partial charge >= 0.3 is 12.2 Å². The largest absolute Gasteiger partial charge is 0.394 e. The van der Waals surface area contributed by atoms with Crippen LogP contribution in [0.1, 0.15) is 70.6 Å². The maximum atomic E-state index is 13.7. The minimum atomic E-state index is -4.41. The Labute approximate surface area is 237 Å². The zero-order valence-corrected chi connectivity index (χ0v) is 22.9. The fourth-order valence-electron chi connectivity index (χ4n) is 6.83. The number of aryl methyl sites for hydroxylation is 1. The van der Waals surface area contributed by atoms with Gasteiger partial charge < -0.3 is 20.2 Å². The number of benzene rings is 1. The zero-order chi connectivity index (χ0) is 28.7. The average Bonchev–Trinajstić information content (AvgIpc) is 3.24. The molecule has 1 saturated heterocycles. The van der Waals surface area contributed by atoms with Gasteiger partial charge in [-0.1, -0.05) is 11.6 Å². The average molecular weight is 589 g/mol. The van der Waals surface area contributed by atoms with Gasteiger partial charge in [-0.25, -0.2) is 20.3 Å². The molecule has 41 heavy (non-hydrogen) atoms. The number of halogens is 4. The molecule has 1 aromatic carbocycles. The number of aromatic amines is 1. The Morgan fingerprint density at radius 2 is 2.00 bits per heavy atom. The molecule has 0 spiro atoms. The molecule has 7 rings (SSSR count). The first-order valence-corrected chi connectivity index (χ1v) is 14.0. The summed E-state index contributed by atoms with van der Waals surface area (Å²) >= 11 is 6.61. The van der Waals surface area contributed by atoms with E-state index in [-0.39, 0.29) is 35.7 Å². The number of alkyl halides is 3. The number of H-pyrrole nitrogens is 1. The highest BCUT2D eigenvalue weighted by atomic mass is 35.5. The van der Waals surface area contributed by atoms with Crippen LogP contribution in [0.3, 0.4) is 0 Å². The Morgan fingerprint density at radius 3 is 2.76 bits per heavy atom. The van der Waals surface area contributed by atoms with Crippen LogP contribution >= 0.6 is 11.6 Å². The van der Waals surface area contributed by atoms with Crippen LogP contribution in [0, 0.1) is 6.92 Å². The quantitative estimate of drug-likeness (QED) is 0.370. The molecule has 1 aliphatic carbocycles. The predicted octanol–water partition coefficient (Wildman–Crippen LogP) is 3.80. The first kappa shape index (κ1) is 26.3. The van der Waals surface area contributed by atoms with Crippen LogP contribution in [0.4, 0.5) is 23.7 Å². The number of carbonyl (C=O) groups excluding carboxylic acids is 1. The fraction of sp³-hybridized carbons (Fsp3) is 0.481. The summed E-state index contributed by atoms with van der Waals surface area (Å²) in [7, 11) is 0. The number of nitrogens with one attached hydrogen (secondary N) is 4.